The lowest BCUT2D eigenvalue weighted by molar-refractivity contribution is -0.136. The Bertz CT molecular complexity index is 2400. The molecule has 1 aliphatic carbocycles. The van der Waals surface area contributed by atoms with Gasteiger partial charge in [-0.25, -0.2) is 9.50 Å². The largest absolute Gasteiger partial charge is 0.491 e. The molecule has 3 aliphatic heterocycles. The molecule has 5 aromatic rings. The van der Waals surface area contributed by atoms with Gasteiger partial charge in [0.05, 0.1) is 41.2 Å². The molecule has 2 saturated heterocycles. The van der Waals surface area contributed by atoms with Gasteiger partial charge in [-0.2, -0.15) is 10.2 Å². The highest BCUT2D eigenvalue weighted by Crippen LogP contribution is 2.36. The molecule has 3 aromatic heterocycles. The minimum absolute atomic E-state index is 0.0824. The lowest BCUT2D eigenvalue weighted by Gasteiger charge is -2.32. The van der Waals surface area contributed by atoms with Crippen molar-refractivity contribution >= 4 is 57.5 Å². The maximum atomic E-state index is 13.4. The molecule has 6 heterocycles. The van der Waals surface area contributed by atoms with E-state index < -0.39 is 29.7 Å². The summed E-state index contributed by atoms with van der Waals surface area (Å²) in [6, 6.07) is 9.92. The molecule has 0 radical (unpaired) electrons. The highest BCUT2D eigenvalue weighted by atomic mass is 16.5. The first-order valence-corrected chi connectivity index (χ1v) is 19.6. The first-order chi connectivity index (χ1) is 27.8. The van der Waals surface area contributed by atoms with Crippen molar-refractivity contribution in [3.05, 3.63) is 77.9 Å². The molecule has 1 unspecified atom stereocenters. The average Bonchev–Trinajstić information content (AvgIpc) is 3.71. The Morgan fingerprint density at radius 3 is 2.61 bits per heavy atom. The van der Waals surface area contributed by atoms with Crippen molar-refractivity contribution < 1.29 is 28.7 Å². The molecule has 5 amide bonds. The van der Waals surface area contributed by atoms with Gasteiger partial charge in [0.2, 0.25) is 11.8 Å². The summed E-state index contributed by atoms with van der Waals surface area (Å²) >= 11 is 0. The molecule has 2 aromatic carbocycles. The monoisotopic (exact) mass is 773 g/mol. The zero-order chi connectivity index (χ0) is 39.0. The lowest BCUT2D eigenvalue weighted by atomic mass is 10.0. The third-order valence-corrected chi connectivity index (χ3v) is 11.2. The van der Waals surface area contributed by atoms with E-state index in [1.165, 1.54) is 6.20 Å². The van der Waals surface area contributed by atoms with Crippen molar-refractivity contribution in [1.82, 2.24) is 44.8 Å². The number of nitrogens with one attached hydrogen (secondary N) is 4. The number of nitrogens with zero attached hydrogens (tertiary/aromatic N) is 7. The number of carbonyl (C=O) groups excluding carboxylic acids is 5. The summed E-state index contributed by atoms with van der Waals surface area (Å²) < 4.78 is 9.85. The first-order valence-electron chi connectivity index (χ1n) is 19.6. The number of piperidine rings is 2. The highest BCUT2D eigenvalue weighted by molar-refractivity contribution is 6.23. The number of likely N-dealkylation sites (tertiary alicyclic amines) is 1. The van der Waals surface area contributed by atoms with Crippen LogP contribution in [0.1, 0.15) is 75.6 Å². The van der Waals surface area contributed by atoms with E-state index >= 15 is 0 Å². The van der Waals surface area contributed by atoms with Crippen LogP contribution in [0.4, 0.5) is 11.4 Å². The van der Waals surface area contributed by atoms with E-state index in [0.29, 0.717) is 53.9 Å². The maximum absolute atomic E-state index is 13.4. The Hall–Kier alpha value is -6.20. The Labute approximate surface area is 327 Å². The first kappa shape index (κ1) is 36.4. The minimum Gasteiger partial charge on any atom is -0.491 e. The highest BCUT2D eigenvalue weighted by Gasteiger charge is 2.44. The molecule has 4 N–H and O–H groups in total. The van der Waals surface area contributed by atoms with E-state index in [1.54, 1.807) is 41.2 Å². The minimum atomic E-state index is -0.984. The van der Waals surface area contributed by atoms with Gasteiger partial charge in [0, 0.05) is 81.4 Å². The van der Waals surface area contributed by atoms with E-state index in [9.17, 15) is 24.0 Å². The van der Waals surface area contributed by atoms with Crippen molar-refractivity contribution in [2.75, 3.05) is 56.5 Å². The van der Waals surface area contributed by atoms with Gasteiger partial charge in [-0.15, -0.1) is 0 Å². The van der Waals surface area contributed by atoms with Gasteiger partial charge < -0.3 is 25.6 Å². The summed E-state index contributed by atoms with van der Waals surface area (Å²) in [7, 11) is 0. The Kier molecular flexibility index (Phi) is 9.83. The maximum Gasteiger partial charge on any atom is 0.262 e. The van der Waals surface area contributed by atoms with Gasteiger partial charge in [0.25, 0.3) is 17.7 Å². The van der Waals surface area contributed by atoms with E-state index in [2.05, 4.69) is 47.1 Å². The fourth-order valence-corrected chi connectivity index (χ4v) is 7.79. The quantitative estimate of drug-likeness (QED) is 0.0953. The summed E-state index contributed by atoms with van der Waals surface area (Å²) in [5.41, 5.74) is 3.51. The molecule has 17 nitrogen and oxygen atoms in total. The molecule has 57 heavy (non-hydrogen) atoms. The normalized spacial score (nSPS) is 19.0. The second-order valence-corrected chi connectivity index (χ2v) is 15.1. The van der Waals surface area contributed by atoms with E-state index in [0.717, 1.165) is 67.7 Å². The number of aromatic nitrogens is 5. The number of carbonyl (C=O) groups is 5. The molecule has 4 aliphatic rings. The Morgan fingerprint density at radius 2 is 1.79 bits per heavy atom. The second kappa shape index (κ2) is 15.4. The SMILES string of the molecule is O=C1CCC(N2C(=O)c3ccc(NCCNCCN4CCC(n5cc6cc(NC(=O)c7cnn8cccnc78)c(OCC7CC7)cc6n5)CC4)cc3C2=O)C(=O)N1. The average molecular weight is 774 g/mol. The molecule has 9 rings (SSSR count). The fourth-order valence-electron chi connectivity index (χ4n) is 7.79. The summed E-state index contributed by atoms with van der Waals surface area (Å²) in [5, 5.41) is 22.2. The number of amides is 5. The molecule has 0 spiro atoms. The van der Waals surface area contributed by atoms with E-state index in [4.69, 9.17) is 9.84 Å². The number of imide groups is 2. The van der Waals surface area contributed by atoms with Crippen molar-refractivity contribution in [3.63, 3.8) is 0 Å². The Balaban J connectivity index is 0.745. The smallest absolute Gasteiger partial charge is 0.262 e. The zero-order valence-electron chi connectivity index (χ0n) is 31.3. The zero-order valence-corrected chi connectivity index (χ0v) is 31.3. The van der Waals surface area contributed by atoms with Crippen LogP contribution in [-0.4, -0.2) is 116 Å². The van der Waals surface area contributed by atoms with Crippen molar-refractivity contribution in [2.45, 2.75) is 50.6 Å². The van der Waals surface area contributed by atoms with Crippen LogP contribution in [0.25, 0.3) is 16.6 Å². The van der Waals surface area contributed by atoms with Gasteiger partial charge in [-0.05, 0) is 68.4 Å². The molecule has 3 fully saturated rings. The van der Waals surface area contributed by atoms with Crippen LogP contribution in [0.3, 0.4) is 0 Å². The third-order valence-electron chi connectivity index (χ3n) is 11.2. The number of anilines is 2. The van der Waals surface area contributed by atoms with E-state index in [-0.39, 0.29) is 35.9 Å². The number of benzene rings is 2. The van der Waals surface area contributed by atoms with Crippen LogP contribution in [0.15, 0.2) is 61.2 Å². The van der Waals surface area contributed by atoms with Crippen LogP contribution in [0.5, 0.6) is 5.75 Å². The van der Waals surface area contributed by atoms with Gasteiger partial charge in [0.1, 0.15) is 17.4 Å². The molecular formula is C40H43N11O6. The van der Waals surface area contributed by atoms with Crippen LogP contribution < -0.4 is 26.0 Å². The van der Waals surface area contributed by atoms with E-state index in [1.807, 2.05) is 12.1 Å². The predicted octanol–water partition coefficient (Wildman–Crippen LogP) is 2.86. The number of fused-ring (bicyclic) bond motifs is 3. The second-order valence-electron chi connectivity index (χ2n) is 15.1. The summed E-state index contributed by atoms with van der Waals surface area (Å²) in [6.07, 6.45) is 11.4. The molecule has 0 bridgehead atoms. The Morgan fingerprint density at radius 1 is 0.947 bits per heavy atom. The molecular weight excluding hydrogens is 731 g/mol. The van der Waals surface area contributed by atoms with Crippen LogP contribution in [0.2, 0.25) is 0 Å². The summed E-state index contributed by atoms with van der Waals surface area (Å²) in [5.74, 6) is -1.22. The number of rotatable bonds is 14. The number of ether oxygens (including phenoxy) is 1. The fraction of sp³-hybridized carbons (Fsp3) is 0.400. The summed E-state index contributed by atoms with van der Waals surface area (Å²) in [4.78, 5) is 71.1. The topological polar surface area (TPSA) is 197 Å². The standard InChI is InChI=1S/C40H43N11O6/c52-35-7-6-33(38(54)46-35)51-39(55)28-5-4-26(19-29(28)40(51)56)42-12-11-41-13-17-48-15-8-27(9-16-48)50-22-25-18-32(34(20-31(25)47-50)57-23-24-2-3-24)45-37(53)30-21-44-49-14-1-10-43-36(30)49/h1,4-5,10,14,18-22,24,27,33,41-42H,2-3,6-9,11-13,15-17,23H2,(H,45,53)(H,46,52,54). The van der Waals surface area contributed by atoms with Crippen molar-refractivity contribution in [3.8, 4) is 5.75 Å². The molecule has 17 heteroatoms. The molecule has 1 atom stereocenters. The lowest BCUT2D eigenvalue weighted by Crippen LogP contribution is -2.54. The molecule has 294 valence electrons. The van der Waals surface area contributed by atoms with Crippen molar-refractivity contribution in [1.29, 1.82) is 0 Å². The van der Waals surface area contributed by atoms with Crippen LogP contribution >= 0.6 is 0 Å². The van der Waals surface area contributed by atoms with Gasteiger partial charge in [-0.3, -0.25) is 38.9 Å². The predicted molar refractivity (Wildman–Crippen MR) is 208 cm³/mol. The third kappa shape index (κ3) is 7.55. The van der Waals surface area contributed by atoms with Gasteiger partial charge in [-0.1, -0.05) is 0 Å². The summed E-state index contributed by atoms with van der Waals surface area (Å²) in [6.45, 7) is 5.54. The number of hydrogen-bond donors (Lipinski definition) is 4. The van der Waals surface area contributed by atoms with Crippen molar-refractivity contribution in [2.24, 2.45) is 5.92 Å². The molecule has 1 saturated carbocycles. The van der Waals surface area contributed by atoms with Gasteiger partial charge >= 0.3 is 0 Å². The van der Waals surface area contributed by atoms with Crippen LogP contribution in [-0.2, 0) is 9.59 Å². The number of hydrogen-bond acceptors (Lipinski definition) is 12. The van der Waals surface area contributed by atoms with Crippen LogP contribution in [0, 0.1) is 5.92 Å². The van der Waals surface area contributed by atoms with Gasteiger partial charge in [0.15, 0.2) is 5.65 Å².